The number of imidazole rings is 3. The van der Waals surface area contributed by atoms with Crippen molar-refractivity contribution in [1.29, 1.82) is 0 Å². The highest BCUT2D eigenvalue weighted by atomic mass is 35.5. The van der Waals surface area contributed by atoms with Gasteiger partial charge in [-0.15, -0.1) is 0 Å². The summed E-state index contributed by atoms with van der Waals surface area (Å²) < 4.78 is 74.4. The Labute approximate surface area is 275 Å². The maximum Gasteiger partial charge on any atom is 0.386 e. The topological polar surface area (TPSA) is 172 Å². The Kier molecular flexibility index (Phi) is 8.70. The van der Waals surface area contributed by atoms with Crippen molar-refractivity contribution >= 4 is 77.7 Å². The van der Waals surface area contributed by atoms with Gasteiger partial charge < -0.3 is 18.4 Å². The van der Waals surface area contributed by atoms with Crippen LogP contribution in [0.15, 0.2) is 37.7 Å². The van der Waals surface area contributed by atoms with Crippen molar-refractivity contribution in [2.75, 3.05) is 20.3 Å². The zero-order valence-corrected chi connectivity index (χ0v) is 28.4. The Balaban J connectivity index is 1.06. The zero-order valence-electron chi connectivity index (χ0n) is 24.1. The highest BCUT2D eigenvalue weighted by Crippen LogP contribution is 2.59. The predicted molar refractivity (Wildman–Crippen MR) is 169 cm³/mol. The van der Waals surface area contributed by atoms with E-state index in [0.29, 0.717) is 34.4 Å². The number of nitrogens with zero attached hydrogens (tertiary/aromatic N) is 9. The first-order valence-corrected chi connectivity index (χ1v) is 19.7. The number of fused-ring (bicyclic) bond motifs is 4. The monoisotopic (exact) mass is 733 g/mol. The number of rotatable bonds is 11. The molecule has 0 aromatic carbocycles. The molecule has 0 N–H and O–H groups in total. The van der Waals surface area contributed by atoms with Gasteiger partial charge in [0.1, 0.15) is 30.4 Å². The van der Waals surface area contributed by atoms with Crippen molar-refractivity contribution in [1.82, 2.24) is 43.4 Å². The number of hydrogen-bond acceptors (Lipinski definition) is 13. The molecule has 1 aliphatic carbocycles. The smallest absolute Gasteiger partial charge is 0.346 e. The molecule has 2 aliphatic rings. The molecule has 2 fully saturated rings. The van der Waals surface area contributed by atoms with Crippen molar-refractivity contribution in [2.24, 2.45) is 11.8 Å². The molecule has 1 aliphatic heterocycles. The lowest BCUT2D eigenvalue weighted by Gasteiger charge is -2.43. The summed E-state index contributed by atoms with van der Waals surface area (Å²) in [6, 6.07) is 0.0464. The Hall–Kier alpha value is -2.18. The second kappa shape index (κ2) is 12.4. The maximum absolute atomic E-state index is 16.2. The predicted octanol–water partition coefficient (Wildman–Crippen LogP) is 5.15. The summed E-state index contributed by atoms with van der Waals surface area (Å²) in [4.78, 5) is 25.6. The van der Waals surface area contributed by atoms with Crippen LogP contribution in [0.1, 0.15) is 25.6 Å². The zero-order chi connectivity index (χ0) is 32.4. The summed E-state index contributed by atoms with van der Waals surface area (Å²) in [5.74, 6) is 0.0623. The van der Waals surface area contributed by atoms with E-state index >= 15 is 4.39 Å². The van der Waals surface area contributed by atoms with Crippen LogP contribution in [-0.4, -0.2) is 82.1 Å². The fourth-order valence-electron chi connectivity index (χ4n) is 5.82. The van der Waals surface area contributed by atoms with Gasteiger partial charge in [0.2, 0.25) is 0 Å². The molecular weight excluding hydrogens is 707 g/mol. The van der Waals surface area contributed by atoms with Crippen LogP contribution in [0.25, 0.3) is 28.0 Å². The highest BCUT2D eigenvalue weighted by molar-refractivity contribution is 8.44. The number of thiol groups is 2. The Morgan fingerprint density at radius 3 is 2.50 bits per heavy atom. The molecule has 5 aromatic heterocycles. The van der Waals surface area contributed by atoms with Gasteiger partial charge in [-0.05, 0) is 18.3 Å². The van der Waals surface area contributed by atoms with E-state index in [4.69, 9.17) is 34.4 Å². The molecule has 16 nitrogen and oxygen atoms in total. The molecule has 5 aromatic rings. The van der Waals surface area contributed by atoms with E-state index in [1.165, 1.54) is 23.5 Å². The van der Waals surface area contributed by atoms with Gasteiger partial charge in [-0.3, -0.25) is 18.0 Å². The molecule has 0 amide bonds. The lowest BCUT2D eigenvalue weighted by molar-refractivity contribution is -0.0410. The van der Waals surface area contributed by atoms with Crippen LogP contribution in [0.4, 0.5) is 4.39 Å². The molecule has 9 atom stereocenters. The molecule has 0 bridgehead atoms. The Morgan fingerprint density at radius 2 is 1.72 bits per heavy atom. The van der Waals surface area contributed by atoms with E-state index in [0.717, 1.165) is 7.11 Å². The largest absolute Gasteiger partial charge is 0.386 e. The first-order valence-electron chi connectivity index (χ1n) is 13.9. The lowest BCUT2D eigenvalue weighted by Crippen LogP contribution is -2.39. The van der Waals surface area contributed by atoms with Crippen LogP contribution in [0.2, 0.25) is 5.15 Å². The summed E-state index contributed by atoms with van der Waals surface area (Å²) in [5, 5.41) is 0.268. The third-order valence-electron chi connectivity index (χ3n) is 8.40. The number of halogens is 2. The molecule has 46 heavy (non-hydrogen) atoms. The summed E-state index contributed by atoms with van der Waals surface area (Å²) in [5.41, 5.74) is 2.35. The number of alkyl halides is 1. The van der Waals surface area contributed by atoms with E-state index in [9.17, 15) is 9.13 Å². The average Bonchev–Trinajstić information content (AvgIpc) is 3.82. The fraction of sp³-hybridized carbons (Fsp3) is 0.500. The van der Waals surface area contributed by atoms with E-state index in [1.54, 1.807) is 23.1 Å². The summed E-state index contributed by atoms with van der Waals surface area (Å²) >= 11 is 14.2. The minimum absolute atomic E-state index is 0.0173. The third-order valence-corrected chi connectivity index (χ3v) is 12.1. The molecule has 0 spiro atoms. The van der Waals surface area contributed by atoms with Crippen molar-refractivity contribution in [2.45, 2.75) is 44.0 Å². The highest BCUT2D eigenvalue weighted by Gasteiger charge is 2.51. The minimum Gasteiger partial charge on any atom is -0.346 e. The van der Waals surface area contributed by atoms with Gasteiger partial charge in [0, 0.05) is 25.5 Å². The molecule has 1 saturated heterocycles. The average molecular weight is 734 g/mol. The van der Waals surface area contributed by atoms with Gasteiger partial charge >= 0.3 is 13.6 Å². The minimum atomic E-state index is -4.16. The second-order valence-corrected chi connectivity index (χ2v) is 17.2. The normalized spacial score (nSPS) is 29.3. The van der Waals surface area contributed by atoms with Gasteiger partial charge in [-0.2, -0.15) is 0 Å². The van der Waals surface area contributed by atoms with Crippen LogP contribution < -0.4 is 0 Å². The number of hydrogen-bond donors (Lipinski definition) is 2. The summed E-state index contributed by atoms with van der Waals surface area (Å²) in [6.07, 6.45) is 3.87. The third kappa shape index (κ3) is 5.88. The molecule has 1 saturated carbocycles. The van der Waals surface area contributed by atoms with Gasteiger partial charge in [0.25, 0.3) is 0 Å². The van der Waals surface area contributed by atoms with Gasteiger partial charge in [0.15, 0.2) is 40.0 Å². The van der Waals surface area contributed by atoms with Crippen LogP contribution in [0.5, 0.6) is 0 Å². The Morgan fingerprint density at radius 1 is 0.978 bits per heavy atom. The molecular formula is C24H27ClFN9O7P2S2. The summed E-state index contributed by atoms with van der Waals surface area (Å²) in [6.45, 7) is -6.36. The van der Waals surface area contributed by atoms with Crippen molar-refractivity contribution in [3.05, 3.63) is 42.9 Å². The molecule has 7 rings (SSSR count). The quantitative estimate of drug-likeness (QED) is 0.104. The number of aromatic nitrogens is 9. The van der Waals surface area contributed by atoms with Gasteiger partial charge in [-0.1, -0.05) is 43.0 Å². The second-order valence-electron chi connectivity index (χ2n) is 10.9. The van der Waals surface area contributed by atoms with E-state index in [-0.39, 0.29) is 29.6 Å². The molecule has 246 valence electrons. The van der Waals surface area contributed by atoms with Gasteiger partial charge in [-0.25, -0.2) is 43.4 Å². The van der Waals surface area contributed by atoms with Crippen molar-refractivity contribution in [3.8, 4) is 0 Å². The summed E-state index contributed by atoms with van der Waals surface area (Å²) in [7, 11) is 1.15. The van der Waals surface area contributed by atoms with E-state index in [1.807, 2.05) is 11.5 Å². The lowest BCUT2D eigenvalue weighted by atomic mass is 9.70. The fourth-order valence-corrected chi connectivity index (χ4v) is 8.16. The molecule has 6 heterocycles. The molecule has 2 unspecified atom stereocenters. The first kappa shape index (κ1) is 32.4. The number of ether oxygens (including phenoxy) is 1. The van der Waals surface area contributed by atoms with Crippen LogP contribution in [0, 0.1) is 11.8 Å². The van der Waals surface area contributed by atoms with Crippen LogP contribution >= 0.6 is 49.7 Å². The van der Waals surface area contributed by atoms with E-state index in [2.05, 4.69) is 54.4 Å². The van der Waals surface area contributed by atoms with Crippen molar-refractivity contribution in [3.63, 3.8) is 0 Å². The van der Waals surface area contributed by atoms with Crippen LogP contribution in [0.3, 0.4) is 0 Å². The first-order chi connectivity index (χ1) is 22.0. The SMILES string of the molecule is COP(=O)(S)OC[C@H]1O[C@@H](n2cnc3c2ncn2ccnc32)[C@H](F)[C@@H]1OP(=O)(S)OC[C@H]1C[C@@H](n2cnc3c(Cl)ncnc32)[C@@H]1C. The standard InChI is InChI=1S/C24H27ClFN9O7P2S2/c1-12-13(5-14(12)34-10-30-17-20(25)28-8-29-22(17)34)6-39-44(37,46)42-19-15(7-40-43(36,45)38-2)41-24(16(19)26)35-11-31-18-21-27-3-4-33(21)9-32-23(18)35/h3-4,8-16,19,24H,5-7H2,1-2H3,(H,36,45)(H,37,46)/t12-,13-,14-,15-,16-,19-,24-,43?,44?/m1/s1. The maximum atomic E-state index is 16.2. The molecule has 0 radical (unpaired) electrons. The molecule has 22 heteroatoms. The Bertz CT molecular complexity index is 2020. The van der Waals surface area contributed by atoms with Crippen molar-refractivity contribution < 1.29 is 36.4 Å². The van der Waals surface area contributed by atoms with Gasteiger partial charge in [0.05, 0.1) is 25.9 Å². The van der Waals surface area contributed by atoms with E-state index < -0.39 is 44.8 Å². The van der Waals surface area contributed by atoms with Crippen LogP contribution in [-0.2, 0) is 32.0 Å².